The number of nitrogens with zero attached hydrogens (tertiary/aromatic N) is 2. The lowest BCUT2D eigenvalue weighted by Crippen LogP contribution is -2.36. The fraction of sp³-hybridized carbons (Fsp3) is 0.524. The second-order valence-electron chi connectivity index (χ2n) is 8.44. The Morgan fingerprint density at radius 2 is 1.88 bits per heavy atom. The van der Waals surface area contributed by atoms with Gasteiger partial charge in [-0.05, 0) is 16.5 Å². The summed E-state index contributed by atoms with van der Waals surface area (Å²) in [6, 6.07) is 8.86. The summed E-state index contributed by atoms with van der Waals surface area (Å²) in [7, 11) is 0. The monoisotopic (exact) mass is 339 g/mol. The number of hydrogen-bond acceptors (Lipinski definition) is 3. The van der Waals surface area contributed by atoms with Crippen LogP contribution in [0.3, 0.4) is 0 Å². The molecule has 1 N–H and O–H groups in total. The molecule has 0 saturated carbocycles. The fourth-order valence-electron chi connectivity index (χ4n) is 3.28. The topological polar surface area (TPSA) is 49.0 Å². The number of aromatic amines is 1. The molecule has 0 unspecified atom stereocenters. The Kier molecular flexibility index (Phi) is 4.83. The van der Waals surface area contributed by atoms with Crippen molar-refractivity contribution in [3.05, 3.63) is 62.8 Å². The van der Waals surface area contributed by atoms with Crippen molar-refractivity contribution >= 4 is 0 Å². The highest BCUT2D eigenvalue weighted by Crippen LogP contribution is 2.23. The molecular weight excluding hydrogens is 310 g/mol. The molecule has 2 heterocycles. The molecule has 0 radical (unpaired) electrons. The van der Waals surface area contributed by atoms with Gasteiger partial charge in [-0.3, -0.25) is 9.69 Å². The molecule has 0 spiro atoms. The van der Waals surface area contributed by atoms with Crippen molar-refractivity contribution in [1.82, 2.24) is 14.9 Å². The Labute approximate surface area is 150 Å². The van der Waals surface area contributed by atoms with Crippen molar-refractivity contribution in [2.45, 2.75) is 65.5 Å². The largest absolute Gasteiger partial charge is 0.310 e. The standard InChI is InChI=1S/C21H29N3O/c1-14(2)19-22-18-10-11-24(13-17(18)20(25)23-19)12-15-6-8-16(9-7-15)21(3,4)5/h6-9,14H,10-13H2,1-5H3,(H,22,23,25). The molecule has 25 heavy (non-hydrogen) atoms. The van der Waals surface area contributed by atoms with Gasteiger partial charge in [0.15, 0.2) is 0 Å². The van der Waals surface area contributed by atoms with Crippen LogP contribution in [0.25, 0.3) is 0 Å². The molecule has 0 bridgehead atoms. The predicted octanol–water partition coefficient (Wildman–Crippen LogP) is 3.75. The highest BCUT2D eigenvalue weighted by Gasteiger charge is 2.22. The fourth-order valence-corrected chi connectivity index (χ4v) is 3.28. The van der Waals surface area contributed by atoms with E-state index in [1.165, 1.54) is 11.1 Å². The molecule has 4 nitrogen and oxygen atoms in total. The van der Waals surface area contributed by atoms with E-state index < -0.39 is 0 Å². The molecule has 2 aromatic rings. The highest BCUT2D eigenvalue weighted by molar-refractivity contribution is 5.28. The predicted molar refractivity (Wildman–Crippen MR) is 102 cm³/mol. The van der Waals surface area contributed by atoms with Crippen molar-refractivity contribution in [2.24, 2.45) is 0 Å². The van der Waals surface area contributed by atoms with Gasteiger partial charge in [0.2, 0.25) is 0 Å². The molecule has 0 amide bonds. The molecule has 0 fully saturated rings. The third-order valence-corrected chi connectivity index (χ3v) is 4.94. The molecule has 134 valence electrons. The number of benzene rings is 1. The van der Waals surface area contributed by atoms with Crippen LogP contribution in [0.5, 0.6) is 0 Å². The molecule has 1 aromatic carbocycles. The zero-order valence-corrected chi connectivity index (χ0v) is 16.0. The first-order valence-corrected chi connectivity index (χ1v) is 9.18. The maximum Gasteiger partial charge on any atom is 0.255 e. The average Bonchev–Trinajstić information content (AvgIpc) is 2.55. The van der Waals surface area contributed by atoms with Gasteiger partial charge in [-0.2, -0.15) is 0 Å². The minimum absolute atomic E-state index is 0.0291. The zero-order valence-electron chi connectivity index (χ0n) is 16.0. The summed E-state index contributed by atoms with van der Waals surface area (Å²) >= 11 is 0. The molecule has 0 aliphatic carbocycles. The van der Waals surface area contributed by atoms with Crippen LogP contribution in [-0.4, -0.2) is 21.4 Å². The molecule has 3 rings (SSSR count). The number of H-pyrrole nitrogens is 1. The quantitative estimate of drug-likeness (QED) is 0.926. The Balaban J connectivity index is 1.74. The maximum absolute atomic E-state index is 12.4. The first-order valence-electron chi connectivity index (χ1n) is 9.18. The first-order chi connectivity index (χ1) is 11.7. The van der Waals surface area contributed by atoms with Crippen LogP contribution in [0.4, 0.5) is 0 Å². The van der Waals surface area contributed by atoms with E-state index in [9.17, 15) is 4.79 Å². The smallest absolute Gasteiger partial charge is 0.255 e. The van der Waals surface area contributed by atoms with Gasteiger partial charge in [0.25, 0.3) is 5.56 Å². The molecule has 0 atom stereocenters. The van der Waals surface area contributed by atoms with Crippen LogP contribution in [0, 0.1) is 0 Å². The number of fused-ring (bicyclic) bond motifs is 1. The van der Waals surface area contributed by atoms with E-state index >= 15 is 0 Å². The van der Waals surface area contributed by atoms with Crippen LogP contribution in [0.15, 0.2) is 29.1 Å². The summed E-state index contributed by atoms with van der Waals surface area (Å²) in [5, 5.41) is 0. The number of nitrogens with one attached hydrogen (secondary N) is 1. The van der Waals surface area contributed by atoms with Gasteiger partial charge >= 0.3 is 0 Å². The summed E-state index contributed by atoms with van der Waals surface area (Å²) in [5.41, 5.74) is 4.66. The molecule has 1 aromatic heterocycles. The van der Waals surface area contributed by atoms with Crippen molar-refractivity contribution in [1.29, 1.82) is 0 Å². The lowest BCUT2D eigenvalue weighted by atomic mass is 9.86. The van der Waals surface area contributed by atoms with Crippen LogP contribution >= 0.6 is 0 Å². The van der Waals surface area contributed by atoms with Gasteiger partial charge in [0.05, 0.1) is 11.3 Å². The van der Waals surface area contributed by atoms with Gasteiger partial charge < -0.3 is 4.98 Å². The van der Waals surface area contributed by atoms with Gasteiger partial charge in [-0.1, -0.05) is 58.9 Å². The summed E-state index contributed by atoms with van der Waals surface area (Å²) in [5.74, 6) is 1.05. The summed E-state index contributed by atoms with van der Waals surface area (Å²) in [6.07, 6.45) is 0.846. The lowest BCUT2D eigenvalue weighted by molar-refractivity contribution is 0.241. The number of aromatic nitrogens is 2. The SMILES string of the molecule is CC(C)c1nc2c(c(=O)[nH]1)CN(Cc1ccc(C(C)(C)C)cc1)CC2. The zero-order chi connectivity index (χ0) is 18.2. The third kappa shape index (κ3) is 4.01. The summed E-state index contributed by atoms with van der Waals surface area (Å²) in [6.45, 7) is 13.3. The summed E-state index contributed by atoms with van der Waals surface area (Å²) < 4.78 is 0. The first kappa shape index (κ1) is 17.9. The van der Waals surface area contributed by atoms with E-state index in [0.29, 0.717) is 6.54 Å². The van der Waals surface area contributed by atoms with E-state index in [1.807, 2.05) is 0 Å². The maximum atomic E-state index is 12.4. The van der Waals surface area contributed by atoms with E-state index in [2.05, 4.69) is 73.8 Å². The average molecular weight is 339 g/mol. The molecular formula is C21H29N3O. The number of rotatable bonds is 3. The van der Waals surface area contributed by atoms with E-state index in [-0.39, 0.29) is 16.9 Å². The van der Waals surface area contributed by atoms with Gasteiger partial charge in [0, 0.05) is 32.0 Å². The highest BCUT2D eigenvalue weighted by atomic mass is 16.1. The lowest BCUT2D eigenvalue weighted by Gasteiger charge is -2.28. The molecule has 4 heteroatoms. The van der Waals surface area contributed by atoms with Crippen LogP contribution < -0.4 is 5.56 Å². The van der Waals surface area contributed by atoms with Crippen molar-refractivity contribution in [3.63, 3.8) is 0 Å². The normalized spacial score (nSPS) is 15.4. The van der Waals surface area contributed by atoms with Crippen molar-refractivity contribution in [2.75, 3.05) is 6.54 Å². The summed E-state index contributed by atoms with van der Waals surface area (Å²) in [4.78, 5) is 22.4. The van der Waals surface area contributed by atoms with Crippen LogP contribution in [0.1, 0.15) is 68.7 Å². The van der Waals surface area contributed by atoms with E-state index in [4.69, 9.17) is 0 Å². The van der Waals surface area contributed by atoms with Gasteiger partial charge in [-0.25, -0.2) is 4.98 Å². The van der Waals surface area contributed by atoms with E-state index in [0.717, 1.165) is 36.6 Å². The molecule has 1 aliphatic rings. The van der Waals surface area contributed by atoms with Gasteiger partial charge in [0.1, 0.15) is 5.82 Å². The number of hydrogen-bond donors (Lipinski definition) is 1. The molecule has 1 aliphatic heterocycles. The Hall–Kier alpha value is -1.94. The minimum Gasteiger partial charge on any atom is -0.310 e. The second kappa shape index (κ2) is 6.75. The minimum atomic E-state index is 0.0291. The van der Waals surface area contributed by atoms with Crippen LogP contribution in [-0.2, 0) is 24.9 Å². The van der Waals surface area contributed by atoms with Crippen molar-refractivity contribution < 1.29 is 0 Å². The van der Waals surface area contributed by atoms with E-state index in [1.54, 1.807) is 0 Å². The molecule has 0 saturated heterocycles. The Morgan fingerprint density at radius 1 is 1.20 bits per heavy atom. The third-order valence-electron chi connectivity index (χ3n) is 4.94. The second-order valence-corrected chi connectivity index (χ2v) is 8.44. The Bertz CT molecular complexity index is 797. The van der Waals surface area contributed by atoms with Gasteiger partial charge in [-0.15, -0.1) is 0 Å². The Morgan fingerprint density at radius 3 is 2.48 bits per heavy atom. The van der Waals surface area contributed by atoms with Crippen LogP contribution in [0.2, 0.25) is 0 Å². The van der Waals surface area contributed by atoms with Crippen molar-refractivity contribution in [3.8, 4) is 0 Å².